The van der Waals surface area contributed by atoms with E-state index in [0.29, 0.717) is 34.2 Å². The number of likely N-dealkylation sites (tertiary alicyclic amines) is 1. The Kier molecular flexibility index (Phi) is 8.28. The predicted molar refractivity (Wildman–Crippen MR) is 140 cm³/mol. The van der Waals surface area contributed by atoms with Crippen LogP contribution in [0.1, 0.15) is 33.6 Å². The van der Waals surface area contributed by atoms with Gasteiger partial charge in [-0.05, 0) is 69.4 Å². The second kappa shape index (κ2) is 12.0. The second-order valence-electron chi connectivity index (χ2n) is 8.77. The first-order valence-electron chi connectivity index (χ1n) is 12.0. The highest BCUT2D eigenvalue weighted by molar-refractivity contribution is 5.96. The molecular weight excluding hydrogens is 470 g/mol. The number of benzene rings is 2. The zero-order valence-electron chi connectivity index (χ0n) is 20.8. The van der Waals surface area contributed by atoms with Gasteiger partial charge >= 0.3 is 0 Å². The van der Waals surface area contributed by atoms with Gasteiger partial charge in [-0.15, -0.1) is 0 Å². The highest BCUT2D eigenvalue weighted by Gasteiger charge is 2.20. The van der Waals surface area contributed by atoms with Crippen molar-refractivity contribution in [2.75, 3.05) is 39.1 Å². The zero-order chi connectivity index (χ0) is 26.2. The molecule has 4 rings (SSSR count). The summed E-state index contributed by atoms with van der Waals surface area (Å²) in [6.45, 7) is 1.89. The molecule has 37 heavy (non-hydrogen) atoms. The van der Waals surface area contributed by atoms with Crippen molar-refractivity contribution in [3.05, 3.63) is 65.9 Å². The normalized spacial score (nSPS) is 13.9. The topological polar surface area (TPSA) is 132 Å². The molecule has 1 aromatic heterocycles. The van der Waals surface area contributed by atoms with E-state index in [1.54, 1.807) is 61.8 Å². The number of carbonyl (C=O) groups is 2. The number of amides is 2. The van der Waals surface area contributed by atoms with Crippen LogP contribution in [0.2, 0.25) is 0 Å². The van der Waals surface area contributed by atoms with Gasteiger partial charge < -0.3 is 25.6 Å². The average Bonchev–Trinajstić information content (AvgIpc) is 2.93. The van der Waals surface area contributed by atoms with Gasteiger partial charge in [0.25, 0.3) is 11.8 Å². The highest BCUT2D eigenvalue weighted by Crippen LogP contribution is 2.28. The minimum absolute atomic E-state index is 0.0467. The Morgan fingerprint density at radius 3 is 2.51 bits per heavy atom. The van der Waals surface area contributed by atoms with Gasteiger partial charge in [0.2, 0.25) is 5.95 Å². The van der Waals surface area contributed by atoms with Crippen LogP contribution in [0.4, 0.5) is 11.6 Å². The summed E-state index contributed by atoms with van der Waals surface area (Å²) in [6.07, 6.45) is 3.50. The van der Waals surface area contributed by atoms with E-state index in [1.165, 1.54) is 0 Å². The summed E-state index contributed by atoms with van der Waals surface area (Å²) in [5.41, 5.74) is 3.07. The first kappa shape index (κ1) is 25.6. The van der Waals surface area contributed by atoms with Gasteiger partial charge in [0, 0.05) is 28.9 Å². The summed E-state index contributed by atoms with van der Waals surface area (Å²) in [7, 11) is 3.63. The van der Waals surface area contributed by atoms with Crippen molar-refractivity contribution in [3.8, 4) is 23.1 Å². The number of methoxy groups -OCH3 is 1. The molecule has 0 spiro atoms. The van der Waals surface area contributed by atoms with Gasteiger partial charge in [-0.2, -0.15) is 5.26 Å². The van der Waals surface area contributed by atoms with Crippen LogP contribution in [0.3, 0.4) is 0 Å². The lowest BCUT2D eigenvalue weighted by Gasteiger charge is -2.29. The monoisotopic (exact) mass is 499 g/mol. The first-order chi connectivity index (χ1) is 18.0. The Balaban J connectivity index is 1.45. The summed E-state index contributed by atoms with van der Waals surface area (Å²) in [5, 5.41) is 17.4. The summed E-state index contributed by atoms with van der Waals surface area (Å²) >= 11 is 0. The molecule has 0 unspecified atom stereocenters. The number of hydrogen-bond donors (Lipinski definition) is 3. The maximum Gasteiger partial charge on any atom is 0.252 e. The Morgan fingerprint density at radius 2 is 1.81 bits per heavy atom. The smallest absolute Gasteiger partial charge is 0.252 e. The van der Waals surface area contributed by atoms with Crippen molar-refractivity contribution in [2.45, 2.75) is 18.9 Å². The Labute approximate surface area is 215 Å². The second-order valence-corrected chi connectivity index (χ2v) is 8.77. The lowest BCUT2D eigenvalue weighted by Crippen LogP contribution is -2.43. The molecule has 10 heteroatoms. The number of aromatic nitrogens is 2. The quantitative estimate of drug-likeness (QED) is 0.403. The van der Waals surface area contributed by atoms with E-state index in [4.69, 9.17) is 10.00 Å². The van der Waals surface area contributed by atoms with E-state index < -0.39 is 0 Å². The van der Waals surface area contributed by atoms with Crippen molar-refractivity contribution in [2.24, 2.45) is 0 Å². The van der Waals surface area contributed by atoms with E-state index in [9.17, 15) is 9.59 Å². The van der Waals surface area contributed by atoms with E-state index in [2.05, 4.69) is 37.9 Å². The van der Waals surface area contributed by atoms with Gasteiger partial charge in [-0.25, -0.2) is 9.97 Å². The van der Waals surface area contributed by atoms with Crippen LogP contribution in [0, 0.1) is 11.3 Å². The van der Waals surface area contributed by atoms with Crippen LogP contribution >= 0.6 is 0 Å². The van der Waals surface area contributed by atoms with Crippen molar-refractivity contribution in [1.29, 1.82) is 5.26 Å². The van der Waals surface area contributed by atoms with Crippen molar-refractivity contribution >= 4 is 23.5 Å². The van der Waals surface area contributed by atoms with Crippen LogP contribution in [-0.2, 0) is 0 Å². The molecule has 1 saturated heterocycles. The number of carbonyl (C=O) groups excluding carboxylic acids is 2. The molecule has 2 aromatic carbocycles. The van der Waals surface area contributed by atoms with Crippen LogP contribution < -0.4 is 20.7 Å². The SMILES string of the molecule is COc1cc(C(=O)NC2CCN(C)CC2)ccc1Nc1nccc(-c2ccc(C(=O)NCC#N)cc2)n1. The molecule has 1 aliphatic heterocycles. The molecule has 0 radical (unpaired) electrons. The lowest BCUT2D eigenvalue weighted by atomic mass is 10.0. The minimum Gasteiger partial charge on any atom is -0.495 e. The number of anilines is 2. The Bertz CT molecular complexity index is 1300. The molecule has 0 saturated carbocycles. The van der Waals surface area contributed by atoms with Crippen LogP contribution in [0.15, 0.2) is 54.7 Å². The van der Waals surface area contributed by atoms with Crippen LogP contribution in [0.25, 0.3) is 11.3 Å². The van der Waals surface area contributed by atoms with Gasteiger partial charge in [-0.1, -0.05) is 12.1 Å². The summed E-state index contributed by atoms with van der Waals surface area (Å²) in [5.74, 6) is 0.420. The molecule has 0 aliphatic carbocycles. The fourth-order valence-electron chi connectivity index (χ4n) is 4.07. The molecule has 2 heterocycles. The molecule has 190 valence electrons. The molecule has 3 N–H and O–H groups in total. The number of ether oxygens (including phenoxy) is 1. The highest BCUT2D eigenvalue weighted by atomic mass is 16.5. The third-order valence-corrected chi connectivity index (χ3v) is 6.19. The maximum absolute atomic E-state index is 12.8. The molecule has 1 fully saturated rings. The van der Waals surface area contributed by atoms with Gasteiger partial charge in [0.15, 0.2) is 0 Å². The number of hydrogen-bond acceptors (Lipinski definition) is 8. The summed E-state index contributed by atoms with van der Waals surface area (Å²) in [4.78, 5) is 35.9. The average molecular weight is 500 g/mol. The minimum atomic E-state index is -0.311. The molecule has 0 bridgehead atoms. The number of piperidine rings is 1. The fourth-order valence-corrected chi connectivity index (χ4v) is 4.07. The van der Waals surface area contributed by atoms with Gasteiger partial charge in [0.1, 0.15) is 12.3 Å². The third kappa shape index (κ3) is 6.59. The molecule has 1 aliphatic rings. The largest absolute Gasteiger partial charge is 0.495 e. The van der Waals surface area contributed by atoms with Crippen LogP contribution in [-0.4, -0.2) is 66.5 Å². The van der Waals surface area contributed by atoms with Crippen molar-refractivity contribution in [1.82, 2.24) is 25.5 Å². The molecule has 3 aromatic rings. The fraction of sp³-hybridized carbons (Fsp3) is 0.296. The van der Waals surface area contributed by atoms with Crippen LogP contribution in [0.5, 0.6) is 5.75 Å². The number of rotatable bonds is 8. The third-order valence-electron chi connectivity index (χ3n) is 6.19. The zero-order valence-corrected chi connectivity index (χ0v) is 20.8. The Morgan fingerprint density at radius 1 is 1.08 bits per heavy atom. The van der Waals surface area contributed by atoms with E-state index in [1.807, 2.05) is 6.07 Å². The van der Waals surface area contributed by atoms with E-state index >= 15 is 0 Å². The van der Waals surface area contributed by atoms with Gasteiger partial charge in [-0.3, -0.25) is 9.59 Å². The van der Waals surface area contributed by atoms with Crippen molar-refractivity contribution < 1.29 is 14.3 Å². The molecule has 0 atom stereocenters. The number of nitrogens with one attached hydrogen (secondary N) is 3. The number of nitriles is 1. The number of nitrogens with zero attached hydrogens (tertiary/aromatic N) is 4. The molecule has 2 amide bonds. The Hall–Kier alpha value is -4.49. The molecular formula is C27H29N7O3. The maximum atomic E-state index is 12.8. The standard InChI is InChI=1S/C27H29N7O3/c1-34-15-10-21(11-16-34)31-26(36)20-7-8-23(24(17-20)37-2)33-27-30-13-9-22(32-27)18-3-5-19(6-4-18)25(35)29-14-12-28/h3-9,13,17,21H,10-11,14-16H2,1-2H3,(H,29,35)(H,31,36)(H,30,32,33). The summed E-state index contributed by atoms with van der Waals surface area (Å²) < 4.78 is 5.53. The molecule has 10 nitrogen and oxygen atoms in total. The van der Waals surface area contributed by atoms with E-state index in [0.717, 1.165) is 31.5 Å². The first-order valence-corrected chi connectivity index (χ1v) is 12.0. The lowest BCUT2D eigenvalue weighted by molar-refractivity contribution is 0.0915. The van der Waals surface area contributed by atoms with Crippen molar-refractivity contribution in [3.63, 3.8) is 0 Å². The van der Waals surface area contributed by atoms with Gasteiger partial charge in [0.05, 0.1) is 24.6 Å². The predicted octanol–water partition coefficient (Wildman–Crippen LogP) is 2.97. The van der Waals surface area contributed by atoms with E-state index in [-0.39, 0.29) is 24.4 Å². The summed E-state index contributed by atoms with van der Waals surface area (Å²) in [6, 6.07) is 16.0.